The number of nitrogens with zero attached hydrogens (tertiary/aromatic N) is 1. The lowest BCUT2D eigenvalue weighted by Gasteiger charge is -2.25. The number of carbonyl (C=O) groups is 1. The Balaban J connectivity index is 0. The van der Waals surface area contributed by atoms with Crippen molar-refractivity contribution in [2.45, 2.75) is 45.7 Å². The van der Waals surface area contributed by atoms with Gasteiger partial charge in [-0.05, 0) is 20.3 Å². The molecule has 0 bridgehead atoms. The van der Waals surface area contributed by atoms with Gasteiger partial charge in [-0.2, -0.15) is 0 Å². The molecule has 2 N–H and O–H groups in total. The zero-order chi connectivity index (χ0) is 13.6. The van der Waals surface area contributed by atoms with Crippen LogP contribution in [0, 0.1) is 0 Å². The molecular formula is C11H25ClN2O3S. The van der Waals surface area contributed by atoms with Gasteiger partial charge in [0.2, 0.25) is 5.91 Å². The topological polar surface area (TPSA) is 80.5 Å². The van der Waals surface area contributed by atoms with Gasteiger partial charge in [-0.15, -0.1) is 12.4 Å². The van der Waals surface area contributed by atoms with E-state index in [4.69, 9.17) is 5.73 Å². The number of hydrogen-bond donors (Lipinski definition) is 1. The van der Waals surface area contributed by atoms with Gasteiger partial charge in [-0.1, -0.05) is 6.92 Å². The number of rotatable bonds is 7. The van der Waals surface area contributed by atoms with Gasteiger partial charge >= 0.3 is 0 Å². The maximum absolute atomic E-state index is 11.7. The summed E-state index contributed by atoms with van der Waals surface area (Å²) in [6, 6.07) is -0.303. The van der Waals surface area contributed by atoms with Crippen molar-refractivity contribution in [3.63, 3.8) is 0 Å². The van der Waals surface area contributed by atoms with Crippen LogP contribution < -0.4 is 5.73 Å². The molecule has 7 heteroatoms. The van der Waals surface area contributed by atoms with Gasteiger partial charge in [0.05, 0.1) is 5.75 Å². The van der Waals surface area contributed by atoms with Crippen LogP contribution in [0.25, 0.3) is 0 Å². The largest absolute Gasteiger partial charge is 0.342 e. The molecule has 0 fully saturated rings. The summed E-state index contributed by atoms with van der Waals surface area (Å²) in [7, 11) is -1.41. The summed E-state index contributed by atoms with van der Waals surface area (Å²) < 4.78 is 22.9. The Labute approximate surface area is 116 Å². The zero-order valence-corrected chi connectivity index (χ0v) is 13.2. The maximum Gasteiger partial charge on any atom is 0.222 e. The Morgan fingerprint density at radius 2 is 1.83 bits per heavy atom. The van der Waals surface area contributed by atoms with E-state index in [1.165, 1.54) is 4.90 Å². The molecule has 0 heterocycles. The summed E-state index contributed by atoms with van der Waals surface area (Å²) in [6.45, 7) is 5.20. The lowest BCUT2D eigenvalue weighted by molar-refractivity contribution is -0.131. The van der Waals surface area contributed by atoms with E-state index >= 15 is 0 Å². The third-order valence-corrected chi connectivity index (χ3v) is 4.67. The molecule has 0 aliphatic carbocycles. The van der Waals surface area contributed by atoms with Crippen LogP contribution in [0.4, 0.5) is 0 Å². The first-order valence-corrected chi connectivity index (χ1v) is 7.73. The molecule has 0 aliphatic rings. The summed E-state index contributed by atoms with van der Waals surface area (Å²) in [6.07, 6.45) is 0.987. The van der Waals surface area contributed by atoms with Crippen LogP contribution >= 0.6 is 12.4 Å². The molecule has 110 valence electrons. The van der Waals surface area contributed by atoms with Gasteiger partial charge in [-0.25, -0.2) is 8.42 Å². The second-order valence-electron chi connectivity index (χ2n) is 4.57. The molecule has 18 heavy (non-hydrogen) atoms. The minimum atomic E-state index is -3.05. The average Bonchev–Trinajstić information content (AvgIpc) is 2.24. The predicted molar refractivity (Wildman–Crippen MR) is 76.7 cm³/mol. The highest BCUT2D eigenvalue weighted by molar-refractivity contribution is 7.91. The van der Waals surface area contributed by atoms with E-state index in [0.29, 0.717) is 12.8 Å². The summed E-state index contributed by atoms with van der Waals surface area (Å²) in [5.74, 6) is 0.0736. The zero-order valence-electron chi connectivity index (χ0n) is 11.5. The van der Waals surface area contributed by atoms with E-state index in [1.807, 2.05) is 6.92 Å². The minimum absolute atomic E-state index is 0. The fourth-order valence-corrected chi connectivity index (χ4v) is 2.56. The van der Waals surface area contributed by atoms with Crippen LogP contribution in [0.3, 0.4) is 0 Å². The van der Waals surface area contributed by atoms with Crippen LogP contribution in [-0.4, -0.2) is 49.9 Å². The molecule has 0 radical (unpaired) electrons. The van der Waals surface area contributed by atoms with Gasteiger partial charge in [-0.3, -0.25) is 4.79 Å². The minimum Gasteiger partial charge on any atom is -0.342 e. The lowest BCUT2D eigenvalue weighted by Crippen LogP contribution is -2.40. The van der Waals surface area contributed by atoms with E-state index in [0.717, 1.165) is 0 Å². The number of amides is 1. The van der Waals surface area contributed by atoms with Crippen molar-refractivity contribution in [1.82, 2.24) is 4.90 Å². The van der Waals surface area contributed by atoms with Crippen LogP contribution in [0.15, 0.2) is 0 Å². The van der Waals surface area contributed by atoms with Gasteiger partial charge in [0, 0.05) is 31.3 Å². The maximum atomic E-state index is 11.7. The molecule has 0 aromatic heterocycles. The first kappa shape index (κ1) is 20.0. The third-order valence-electron chi connectivity index (χ3n) is 2.80. The smallest absolute Gasteiger partial charge is 0.222 e. The average molecular weight is 301 g/mol. The molecule has 0 rings (SSSR count). The SMILES string of the molecule is CCS(=O)(=O)CC(C)N(C)C(=O)CCC(C)N.Cl. The summed E-state index contributed by atoms with van der Waals surface area (Å²) in [5.41, 5.74) is 5.57. The van der Waals surface area contributed by atoms with E-state index in [2.05, 4.69) is 0 Å². The van der Waals surface area contributed by atoms with Crippen LogP contribution in [-0.2, 0) is 14.6 Å². The molecule has 0 aliphatic heterocycles. The van der Waals surface area contributed by atoms with E-state index < -0.39 is 9.84 Å². The fourth-order valence-electron chi connectivity index (χ4n) is 1.37. The van der Waals surface area contributed by atoms with Crippen molar-refractivity contribution >= 4 is 28.2 Å². The summed E-state index contributed by atoms with van der Waals surface area (Å²) in [5, 5.41) is 0. The molecule has 1 amide bonds. The molecular weight excluding hydrogens is 276 g/mol. The van der Waals surface area contributed by atoms with Gasteiger partial charge in [0.25, 0.3) is 0 Å². The molecule has 2 unspecified atom stereocenters. The van der Waals surface area contributed by atoms with Crippen molar-refractivity contribution in [2.24, 2.45) is 5.73 Å². The highest BCUT2D eigenvalue weighted by Gasteiger charge is 2.21. The van der Waals surface area contributed by atoms with Gasteiger partial charge < -0.3 is 10.6 Å². The monoisotopic (exact) mass is 300 g/mol. The Kier molecular flexibility index (Phi) is 9.68. The molecule has 0 aromatic carbocycles. The van der Waals surface area contributed by atoms with E-state index in [9.17, 15) is 13.2 Å². The molecule has 2 atom stereocenters. The first-order chi connectivity index (χ1) is 7.69. The number of sulfone groups is 1. The van der Waals surface area contributed by atoms with Crippen molar-refractivity contribution < 1.29 is 13.2 Å². The van der Waals surface area contributed by atoms with Gasteiger partial charge in [0.15, 0.2) is 9.84 Å². The van der Waals surface area contributed by atoms with E-state index in [-0.39, 0.29) is 41.9 Å². The summed E-state index contributed by atoms with van der Waals surface area (Å²) >= 11 is 0. The van der Waals surface area contributed by atoms with Crippen LogP contribution in [0.5, 0.6) is 0 Å². The van der Waals surface area contributed by atoms with Crippen LogP contribution in [0.2, 0.25) is 0 Å². The number of carbonyl (C=O) groups excluding carboxylic acids is 1. The fraction of sp³-hybridized carbons (Fsp3) is 0.909. The molecule has 0 aromatic rings. The molecule has 0 saturated heterocycles. The number of halogens is 1. The van der Waals surface area contributed by atoms with Crippen LogP contribution in [0.1, 0.15) is 33.6 Å². The quantitative estimate of drug-likeness (QED) is 0.755. The van der Waals surface area contributed by atoms with Gasteiger partial charge in [0.1, 0.15) is 0 Å². The highest BCUT2D eigenvalue weighted by atomic mass is 35.5. The molecule has 0 spiro atoms. The Morgan fingerprint density at radius 3 is 2.22 bits per heavy atom. The predicted octanol–water partition coefficient (Wildman–Crippen LogP) is 0.817. The number of nitrogens with two attached hydrogens (primary N) is 1. The van der Waals surface area contributed by atoms with Crippen molar-refractivity contribution in [3.05, 3.63) is 0 Å². The number of hydrogen-bond acceptors (Lipinski definition) is 4. The second-order valence-corrected chi connectivity index (χ2v) is 6.97. The highest BCUT2D eigenvalue weighted by Crippen LogP contribution is 2.06. The normalized spacial score (nSPS) is 14.5. The van der Waals surface area contributed by atoms with E-state index in [1.54, 1.807) is 20.9 Å². The third kappa shape index (κ3) is 7.89. The molecule has 5 nitrogen and oxygen atoms in total. The molecule has 0 saturated carbocycles. The standard InChI is InChI=1S/C11H24N2O3S.ClH/c1-5-17(15,16)8-10(3)13(4)11(14)7-6-9(2)12;/h9-10H,5-8,12H2,1-4H3;1H. The van der Waals surface area contributed by atoms with Crippen molar-refractivity contribution in [3.8, 4) is 0 Å². The second kappa shape index (κ2) is 8.72. The van der Waals surface area contributed by atoms with Crippen molar-refractivity contribution in [1.29, 1.82) is 0 Å². The Hall–Kier alpha value is -0.330. The lowest BCUT2D eigenvalue weighted by atomic mass is 10.2. The summed E-state index contributed by atoms with van der Waals surface area (Å²) in [4.78, 5) is 13.2. The first-order valence-electron chi connectivity index (χ1n) is 5.91. The Morgan fingerprint density at radius 1 is 1.33 bits per heavy atom. The Bertz CT molecular complexity index is 344. The van der Waals surface area contributed by atoms with Crippen molar-refractivity contribution in [2.75, 3.05) is 18.6 Å².